The van der Waals surface area contributed by atoms with Gasteiger partial charge in [-0.25, -0.2) is 0 Å². The smallest absolute Gasteiger partial charge is 0.255 e. The van der Waals surface area contributed by atoms with Crippen LogP contribution in [0.3, 0.4) is 0 Å². The first-order valence-corrected chi connectivity index (χ1v) is 11.1. The fourth-order valence-corrected chi connectivity index (χ4v) is 4.98. The number of amides is 1. The zero-order valence-electron chi connectivity index (χ0n) is 18.0. The largest absolute Gasteiger partial charge is 0.391 e. The fourth-order valence-electron chi connectivity index (χ4n) is 4.98. The van der Waals surface area contributed by atoms with Crippen LogP contribution >= 0.6 is 0 Å². The van der Waals surface area contributed by atoms with Gasteiger partial charge in [0.25, 0.3) is 5.91 Å². The van der Waals surface area contributed by atoms with Crippen LogP contribution in [0.5, 0.6) is 0 Å². The number of carbonyl (C=O) groups is 1. The van der Waals surface area contributed by atoms with Crippen molar-refractivity contribution in [3.8, 4) is 0 Å². The van der Waals surface area contributed by atoms with Crippen molar-refractivity contribution in [2.24, 2.45) is 11.3 Å². The highest BCUT2D eigenvalue weighted by Gasteiger charge is 2.43. The number of aromatic amines is 1. The van der Waals surface area contributed by atoms with E-state index < -0.39 is 6.10 Å². The molecule has 2 fully saturated rings. The van der Waals surface area contributed by atoms with Crippen LogP contribution in [0.1, 0.15) is 54.9 Å². The van der Waals surface area contributed by atoms with Crippen molar-refractivity contribution in [2.45, 2.75) is 52.2 Å². The lowest BCUT2D eigenvalue weighted by molar-refractivity contribution is -0.0338. The number of H-pyrrole nitrogens is 1. The van der Waals surface area contributed by atoms with Gasteiger partial charge in [0.2, 0.25) is 0 Å². The topological polar surface area (TPSA) is 85.4 Å². The van der Waals surface area contributed by atoms with Crippen LogP contribution in [0.25, 0.3) is 0 Å². The Morgan fingerprint density at radius 3 is 2.87 bits per heavy atom. The number of piperidine rings is 2. The lowest BCUT2D eigenvalue weighted by Gasteiger charge is -2.49. The number of rotatable bonds is 5. The van der Waals surface area contributed by atoms with Gasteiger partial charge in [-0.1, -0.05) is 13.8 Å². The van der Waals surface area contributed by atoms with Gasteiger partial charge in [-0.3, -0.25) is 19.8 Å². The number of β-amino-alcohol motifs (C(OH)–C–C–N with tert-alkyl or cyclic N) is 1. The number of pyridine rings is 1. The van der Waals surface area contributed by atoms with Gasteiger partial charge in [-0.15, -0.1) is 0 Å². The fraction of sp³-hybridized carbons (Fsp3) is 0.609. The van der Waals surface area contributed by atoms with Crippen LogP contribution in [-0.4, -0.2) is 68.3 Å². The summed E-state index contributed by atoms with van der Waals surface area (Å²) in [6, 6.07) is 5.76. The molecule has 2 aliphatic rings. The number of nitrogens with zero attached hydrogens (tertiary/aromatic N) is 4. The number of aromatic nitrogens is 3. The predicted octanol–water partition coefficient (Wildman–Crippen LogP) is 2.49. The third-order valence-electron chi connectivity index (χ3n) is 6.43. The van der Waals surface area contributed by atoms with Crippen LogP contribution in [0, 0.1) is 11.3 Å². The van der Waals surface area contributed by atoms with E-state index in [1.165, 1.54) is 5.69 Å². The van der Waals surface area contributed by atoms with E-state index in [0.717, 1.165) is 51.0 Å². The molecular weight excluding hydrogens is 378 g/mol. The normalized spacial score (nSPS) is 22.0. The molecule has 2 aliphatic heterocycles. The van der Waals surface area contributed by atoms with Crippen LogP contribution in [0.2, 0.25) is 0 Å². The molecule has 7 nitrogen and oxygen atoms in total. The Morgan fingerprint density at radius 1 is 1.37 bits per heavy atom. The van der Waals surface area contributed by atoms with Gasteiger partial charge in [0, 0.05) is 37.7 Å². The standard InChI is InChI=1S/C23H33N5O2/c1-17(2)10-19-11-20(26-25-19)14-27-8-5-23(6-9-27)12-21(29)15-28(16-23)22(30)18-4-3-7-24-13-18/h3-4,7,11,13,17,21,29H,5-6,8-10,12,14-16H2,1-2H3,(H,25,26). The van der Waals surface area contributed by atoms with E-state index >= 15 is 0 Å². The molecule has 7 heteroatoms. The molecule has 30 heavy (non-hydrogen) atoms. The molecule has 0 saturated carbocycles. The second-order valence-corrected chi connectivity index (χ2v) is 9.54. The second-order valence-electron chi connectivity index (χ2n) is 9.54. The Bertz CT molecular complexity index is 842. The molecule has 4 heterocycles. The minimum absolute atomic E-state index is 0.00280. The number of nitrogens with one attached hydrogen (secondary N) is 1. The summed E-state index contributed by atoms with van der Waals surface area (Å²) in [6.07, 6.45) is 6.58. The Morgan fingerprint density at radius 2 is 2.17 bits per heavy atom. The quantitative estimate of drug-likeness (QED) is 0.790. The summed E-state index contributed by atoms with van der Waals surface area (Å²) in [4.78, 5) is 21.3. The number of aliphatic hydroxyl groups is 1. The summed E-state index contributed by atoms with van der Waals surface area (Å²) in [7, 11) is 0. The molecule has 2 saturated heterocycles. The Labute approximate surface area is 178 Å². The first-order chi connectivity index (χ1) is 14.4. The van der Waals surface area contributed by atoms with E-state index in [9.17, 15) is 9.90 Å². The molecule has 1 spiro atoms. The molecule has 162 valence electrons. The summed E-state index contributed by atoms with van der Waals surface area (Å²) in [5, 5.41) is 18.2. The lowest BCUT2D eigenvalue weighted by atomic mass is 9.71. The summed E-state index contributed by atoms with van der Waals surface area (Å²) < 4.78 is 0. The molecule has 0 radical (unpaired) electrons. The van der Waals surface area contributed by atoms with Crippen molar-refractivity contribution >= 4 is 5.91 Å². The molecule has 4 rings (SSSR count). The second kappa shape index (κ2) is 8.86. The highest BCUT2D eigenvalue weighted by atomic mass is 16.3. The Balaban J connectivity index is 1.35. The predicted molar refractivity (Wildman–Crippen MR) is 115 cm³/mol. The maximum atomic E-state index is 12.9. The van der Waals surface area contributed by atoms with Gasteiger partial charge in [-0.2, -0.15) is 5.10 Å². The summed E-state index contributed by atoms with van der Waals surface area (Å²) in [5.41, 5.74) is 2.89. The highest BCUT2D eigenvalue weighted by Crippen LogP contribution is 2.40. The Hall–Kier alpha value is -2.25. The van der Waals surface area contributed by atoms with Gasteiger partial charge in [-0.05, 0) is 68.3 Å². The molecular formula is C23H33N5O2. The number of hydrogen-bond acceptors (Lipinski definition) is 5. The third kappa shape index (κ3) is 4.90. The molecule has 2 aromatic rings. The van der Waals surface area contributed by atoms with E-state index in [1.54, 1.807) is 24.5 Å². The molecule has 1 atom stereocenters. The zero-order chi connectivity index (χ0) is 21.1. The number of aliphatic hydroxyl groups excluding tert-OH is 1. The van der Waals surface area contributed by atoms with Gasteiger partial charge in [0.1, 0.15) is 0 Å². The van der Waals surface area contributed by atoms with E-state index in [0.29, 0.717) is 24.6 Å². The number of carbonyl (C=O) groups excluding carboxylic acids is 1. The monoisotopic (exact) mass is 411 g/mol. The minimum atomic E-state index is -0.461. The summed E-state index contributed by atoms with van der Waals surface area (Å²) in [5.74, 6) is 0.574. The average molecular weight is 412 g/mol. The maximum Gasteiger partial charge on any atom is 0.255 e. The number of likely N-dealkylation sites (tertiary alicyclic amines) is 2. The summed E-state index contributed by atoms with van der Waals surface area (Å²) in [6.45, 7) is 8.36. The van der Waals surface area contributed by atoms with Crippen molar-refractivity contribution in [1.29, 1.82) is 0 Å². The van der Waals surface area contributed by atoms with E-state index in [4.69, 9.17) is 0 Å². The molecule has 2 N–H and O–H groups in total. The van der Waals surface area contributed by atoms with E-state index in [1.807, 2.05) is 4.90 Å². The SMILES string of the molecule is CC(C)Cc1cc(CN2CCC3(CC2)CC(O)CN(C(=O)c2cccnc2)C3)[nH]n1. The molecule has 1 unspecified atom stereocenters. The highest BCUT2D eigenvalue weighted by molar-refractivity contribution is 5.94. The van der Waals surface area contributed by atoms with Gasteiger partial charge in [0.05, 0.1) is 17.4 Å². The lowest BCUT2D eigenvalue weighted by Crippen LogP contribution is -2.55. The number of hydrogen-bond donors (Lipinski definition) is 2. The minimum Gasteiger partial charge on any atom is -0.391 e. The Kier molecular flexibility index (Phi) is 6.20. The van der Waals surface area contributed by atoms with Crippen molar-refractivity contribution in [2.75, 3.05) is 26.2 Å². The first-order valence-electron chi connectivity index (χ1n) is 11.1. The zero-order valence-corrected chi connectivity index (χ0v) is 18.0. The van der Waals surface area contributed by atoms with Crippen LogP contribution in [-0.2, 0) is 13.0 Å². The molecule has 0 aromatic carbocycles. The van der Waals surface area contributed by atoms with Crippen LogP contribution < -0.4 is 0 Å². The molecule has 0 bridgehead atoms. The summed E-state index contributed by atoms with van der Waals surface area (Å²) >= 11 is 0. The molecule has 0 aliphatic carbocycles. The van der Waals surface area contributed by atoms with E-state index in [-0.39, 0.29) is 11.3 Å². The van der Waals surface area contributed by atoms with Crippen molar-refractivity contribution in [3.63, 3.8) is 0 Å². The van der Waals surface area contributed by atoms with Crippen LogP contribution in [0.15, 0.2) is 30.6 Å². The van der Waals surface area contributed by atoms with Gasteiger partial charge in [0.15, 0.2) is 0 Å². The maximum absolute atomic E-state index is 12.9. The third-order valence-corrected chi connectivity index (χ3v) is 6.43. The molecule has 2 aromatic heterocycles. The van der Waals surface area contributed by atoms with Gasteiger partial charge >= 0.3 is 0 Å². The first kappa shape index (κ1) is 21.0. The van der Waals surface area contributed by atoms with Crippen molar-refractivity contribution in [3.05, 3.63) is 47.5 Å². The van der Waals surface area contributed by atoms with Crippen molar-refractivity contribution in [1.82, 2.24) is 25.0 Å². The van der Waals surface area contributed by atoms with Crippen molar-refractivity contribution < 1.29 is 9.90 Å². The van der Waals surface area contributed by atoms with E-state index in [2.05, 4.69) is 40.0 Å². The average Bonchev–Trinajstić information content (AvgIpc) is 3.15. The van der Waals surface area contributed by atoms with Gasteiger partial charge < -0.3 is 10.0 Å². The molecule has 1 amide bonds. The van der Waals surface area contributed by atoms with Crippen LogP contribution in [0.4, 0.5) is 0 Å².